The fourth-order valence-electron chi connectivity index (χ4n) is 4.67. The molecule has 3 aromatic carbocycles. The molecule has 1 aromatic heterocycles. The van der Waals surface area contributed by atoms with Crippen molar-refractivity contribution in [3.05, 3.63) is 119 Å². The first-order chi connectivity index (χ1) is 18.3. The molecule has 5 nitrogen and oxygen atoms in total. The number of anilines is 1. The lowest BCUT2D eigenvalue weighted by molar-refractivity contribution is 0.301. The van der Waals surface area contributed by atoms with Gasteiger partial charge in [0.15, 0.2) is 0 Å². The molecule has 2 heterocycles. The fourth-order valence-corrected chi connectivity index (χ4v) is 5.50. The molecule has 0 fully saturated rings. The fraction of sp³-hybridized carbons (Fsp3) is 0.161. The molecule has 1 atom stereocenters. The largest absolute Gasteiger partial charge is 0.497 e. The molecule has 6 heteroatoms. The summed E-state index contributed by atoms with van der Waals surface area (Å²) in [4.78, 5) is 5.00. The third-order valence-corrected chi connectivity index (χ3v) is 7.47. The lowest BCUT2D eigenvalue weighted by atomic mass is 9.97. The second-order valence-corrected chi connectivity index (χ2v) is 9.83. The molecule has 1 aliphatic heterocycles. The van der Waals surface area contributed by atoms with E-state index in [1.807, 2.05) is 48.5 Å². The number of methoxy groups -OCH3 is 1. The number of hydrogen-bond donors (Lipinski definition) is 0. The van der Waals surface area contributed by atoms with Crippen molar-refractivity contribution in [1.82, 2.24) is 4.98 Å². The number of thiazole rings is 1. The smallest absolute Gasteiger partial charge is 0.207 e. The number of nitrogens with zero attached hydrogens (tertiary/aromatic N) is 3. The van der Waals surface area contributed by atoms with E-state index >= 15 is 0 Å². The summed E-state index contributed by atoms with van der Waals surface area (Å²) in [7, 11) is 1.68. The first-order valence-corrected chi connectivity index (χ1v) is 13.2. The van der Waals surface area contributed by atoms with Gasteiger partial charge in [0.2, 0.25) is 5.13 Å². The lowest BCUT2D eigenvalue weighted by Crippen LogP contribution is -2.19. The number of benzene rings is 3. The zero-order valence-electron chi connectivity index (χ0n) is 20.6. The molecular weight excluding hydrogens is 478 g/mol. The molecule has 4 aromatic rings. The predicted molar refractivity (Wildman–Crippen MR) is 150 cm³/mol. The summed E-state index contributed by atoms with van der Waals surface area (Å²) in [6, 6.07) is 26.6. The number of aromatic nitrogens is 1. The summed E-state index contributed by atoms with van der Waals surface area (Å²) >= 11 is 1.61. The zero-order chi connectivity index (χ0) is 25.0. The molecule has 2 aliphatic rings. The van der Waals surface area contributed by atoms with Crippen LogP contribution >= 0.6 is 11.3 Å². The summed E-state index contributed by atoms with van der Waals surface area (Å²) < 4.78 is 11.7. The Labute approximate surface area is 221 Å². The minimum Gasteiger partial charge on any atom is -0.497 e. The van der Waals surface area contributed by atoms with Gasteiger partial charge in [0, 0.05) is 22.9 Å². The van der Waals surface area contributed by atoms with Gasteiger partial charge in [-0.25, -0.2) is 9.99 Å². The van der Waals surface area contributed by atoms with Gasteiger partial charge in [-0.1, -0.05) is 66.8 Å². The molecule has 0 saturated heterocycles. The molecule has 0 N–H and O–H groups in total. The summed E-state index contributed by atoms with van der Waals surface area (Å²) in [6.07, 6.45) is 8.17. The van der Waals surface area contributed by atoms with Gasteiger partial charge in [-0.05, 0) is 47.9 Å². The van der Waals surface area contributed by atoms with Crippen LogP contribution in [0.3, 0.4) is 0 Å². The van der Waals surface area contributed by atoms with E-state index < -0.39 is 0 Å². The number of hydrogen-bond acceptors (Lipinski definition) is 6. The predicted octanol–water partition coefficient (Wildman–Crippen LogP) is 7.59. The molecule has 184 valence electrons. The van der Waals surface area contributed by atoms with Crippen molar-refractivity contribution in [1.29, 1.82) is 0 Å². The molecule has 6 rings (SSSR count). The van der Waals surface area contributed by atoms with E-state index in [-0.39, 0.29) is 6.04 Å². The Morgan fingerprint density at radius 1 is 0.973 bits per heavy atom. The van der Waals surface area contributed by atoms with Gasteiger partial charge in [0.1, 0.15) is 18.1 Å². The summed E-state index contributed by atoms with van der Waals surface area (Å²) in [6.45, 7) is 0.520. The second-order valence-electron chi connectivity index (χ2n) is 8.99. The standard InChI is InChI=1S/C31H27N3O2S/c1-35-25-17-15-24(16-18-25)28-21-37-31(32-28)34-29(19-27(33-34)23-11-5-6-12-23)26-13-7-8-14-30(26)36-20-22-9-3-2-4-10-22/h2-11,13-18,21,29H,12,19-20H2,1H3. The summed E-state index contributed by atoms with van der Waals surface area (Å²) in [5.41, 5.74) is 6.61. The van der Waals surface area contributed by atoms with Crippen LogP contribution in [0, 0.1) is 0 Å². The van der Waals surface area contributed by atoms with Crippen molar-refractivity contribution in [3.8, 4) is 22.8 Å². The van der Waals surface area contributed by atoms with Gasteiger partial charge in [-0.3, -0.25) is 0 Å². The van der Waals surface area contributed by atoms with Crippen molar-refractivity contribution < 1.29 is 9.47 Å². The van der Waals surface area contributed by atoms with Crippen molar-refractivity contribution in [2.24, 2.45) is 5.10 Å². The topological polar surface area (TPSA) is 47.0 Å². The van der Waals surface area contributed by atoms with Crippen LogP contribution in [0.1, 0.15) is 30.0 Å². The van der Waals surface area contributed by atoms with E-state index in [0.29, 0.717) is 6.61 Å². The SMILES string of the molecule is COc1ccc(-c2csc(N3N=C(C4=CC=CC4)CC3c3ccccc3OCc3ccccc3)n2)cc1. The van der Waals surface area contributed by atoms with E-state index in [1.54, 1.807) is 18.4 Å². The molecule has 0 bridgehead atoms. The monoisotopic (exact) mass is 505 g/mol. The number of rotatable bonds is 8. The average molecular weight is 506 g/mol. The number of para-hydroxylation sites is 1. The van der Waals surface area contributed by atoms with E-state index in [4.69, 9.17) is 19.6 Å². The van der Waals surface area contributed by atoms with Crippen molar-refractivity contribution in [2.45, 2.75) is 25.5 Å². The van der Waals surface area contributed by atoms with Crippen LogP contribution in [0.5, 0.6) is 11.5 Å². The van der Waals surface area contributed by atoms with E-state index in [2.05, 4.69) is 58.9 Å². The van der Waals surface area contributed by atoms with Gasteiger partial charge in [-0.15, -0.1) is 11.3 Å². The van der Waals surface area contributed by atoms with Crippen LogP contribution in [0.2, 0.25) is 0 Å². The number of allylic oxidation sites excluding steroid dienone is 4. The highest BCUT2D eigenvalue weighted by Crippen LogP contribution is 2.43. The third kappa shape index (κ3) is 4.93. The quantitative estimate of drug-likeness (QED) is 0.247. The summed E-state index contributed by atoms with van der Waals surface area (Å²) in [5, 5.41) is 10.1. The minimum absolute atomic E-state index is 0.00154. The maximum absolute atomic E-state index is 6.34. The van der Waals surface area contributed by atoms with E-state index in [9.17, 15) is 0 Å². The Morgan fingerprint density at radius 3 is 2.57 bits per heavy atom. The van der Waals surface area contributed by atoms with Gasteiger partial charge < -0.3 is 9.47 Å². The Bertz CT molecular complexity index is 1470. The van der Waals surface area contributed by atoms with Gasteiger partial charge in [0.05, 0.1) is 24.6 Å². The Kier molecular flexibility index (Phi) is 6.57. The number of ether oxygens (including phenoxy) is 2. The van der Waals surface area contributed by atoms with Crippen molar-refractivity contribution >= 4 is 22.2 Å². The molecule has 37 heavy (non-hydrogen) atoms. The maximum atomic E-state index is 6.34. The average Bonchev–Trinajstić information content (AvgIpc) is 3.73. The molecule has 0 radical (unpaired) electrons. The zero-order valence-corrected chi connectivity index (χ0v) is 21.4. The molecule has 0 saturated carbocycles. The van der Waals surface area contributed by atoms with Crippen LogP contribution in [-0.2, 0) is 6.61 Å². The Balaban J connectivity index is 1.32. The van der Waals surface area contributed by atoms with Crippen LogP contribution in [-0.4, -0.2) is 17.8 Å². The highest BCUT2D eigenvalue weighted by Gasteiger charge is 2.34. The lowest BCUT2D eigenvalue weighted by Gasteiger charge is -2.23. The first-order valence-electron chi connectivity index (χ1n) is 12.4. The second kappa shape index (κ2) is 10.4. The van der Waals surface area contributed by atoms with Gasteiger partial charge in [0.25, 0.3) is 0 Å². The number of hydrazone groups is 1. The minimum atomic E-state index is -0.00154. The van der Waals surface area contributed by atoms with Crippen molar-refractivity contribution in [3.63, 3.8) is 0 Å². The highest BCUT2D eigenvalue weighted by molar-refractivity contribution is 7.14. The summed E-state index contributed by atoms with van der Waals surface area (Å²) in [5.74, 6) is 1.71. The normalized spacial score (nSPS) is 16.6. The molecule has 1 aliphatic carbocycles. The third-order valence-electron chi connectivity index (χ3n) is 6.64. The van der Waals surface area contributed by atoms with Crippen LogP contribution in [0.25, 0.3) is 11.3 Å². The maximum Gasteiger partial charge on any atom is 0.207 e. The van der Waals surface area contributed by atoms with Crippen LogP contribution < -0.4 is 14.5 Å². The Morgan fingerprint density at radius 2 is 1.78 bits per heavy atom. The van der Waals surface area contributed by atoms with Crippen LogP contribution in [0.15, 0.2) is 113 Å². The molecule has 0 spiro atoms. The molecule has 1 unspecified atom stereocenters. The molecular formula is C31H27N3O2S. The van der Waals surface area contributed by atoms with E-state index in [0.717, 1.165) is 57.6 Å². The van der Waals surface area contributed by atoms with E-state index in [1.165, 1.54) is 5.57 Å². The first kappa shape index (κ1) is 23.3. The van der Waals surface area contributed by atoms with Crippen LogP contribution in [0.4, 0.5) is 5.13 Å². The Hall–Kier alpha value is -4.16. The van der Waals surface area contributed by atoms with Gasteiger partial charge >= 0.3 is 0 Å². The molecule has 0 amide bonds. The van der Waals surface area contributed by atoms with Gasteiger partial charge in [-0.2, -0.15) is 5.10 Å². The van der Waals surface area contributed by atoms with Crippen molar-refractivity contribution in [2.75, 3.05) is 12.1 Å². The highest BCUT2D eigenvalue weighted by atomic mass is 32.1.